The highest BCUT2D eigenvalue weighted by molar-refractivity contribution is 5.83. The second-order valence-electron chi connectivity index (χ2n) is 5.53. The van der Waals surface area contributed by atoms with Gasteiger partial charge in [0.1, 0.15) is 5.82 Å². The molecule has 0 fully saturated rings. The number of pyridine rings is 1. The zero-order valence-electron chi connectivity index (χ0n) is 13.1. The van der Waals surface area contributed by atoms with Crippen LogP contribution in [-0.4, -0.2) is 34.5 Å². The van der Waals surface area contributed by atoms with Gasteiger partial charge in [0.25, 0.3) is 0 Å². The largest absolute Gasteiger partial charge is 0.338 e. The van der Waals surface area contributed by atoms with E-state index in [2.05, 4.69) is 20.2 Å². The van der Waals surface area contributed by atoms with Gasteiger partial charge in [-0.2, -0.15) is 10.2 Å². The van der Waals surface area contributed by atoms with E-state index >= 15 is 0 Å². The first-order chi connectivity index (χ1) is 12.4. The number of H-pyrrole nitrogens is 1. The molecule has 0 spiro atoms. The van der Waals surface area contributed by atoms with Gasteiger partial charge in [-0.1, -0.05) is 12.1 Å². The molecule has 120 valence electrons. The summed E-state index contributed by atoms with van der Waals surface area (Å²) >= 11 is 0. The van der Waals surface area contributed by atoms with Crippen molar-refractivity contribution in [1.82, 2.24) is 34.5 Å². The highest BCUT2D eigenvalue weighted by Crippen LogP contribution is 2.30. The number of nitrogens with zero attached hydrogens (tertiary/aromatic N) is 6. The minimum absolute atomic E-state index is 0.692. The monoisotopic (exact) mass is 327 g/mol. The molecule has 0 aliphatic rings. The van der Waals surface area contributed by atoms with Crippen LogP contribution in [0.1, 0.15) is 0 Å². The van der Waals surface area contributed by atoms with Gasteiger partial charge in [0.05, 0.1) is 22.3 Å². The minimum Gasteiger partial charge on any atom is -0.338 e. The van der Waals surface area contributed by atoms with E-state index in [-0.39, 0.29) is 0 Å². The Bertz CT molecular complexity index is 1050. The molecule has 0 bridgehead atoms. The first-order valence-electron chi connectivity index (χ1n) is 7.84. The van der Waals surface area contributed by atoms with Crippen molar-refractivity contribution in [2.75, 3.05) is 0 Å². The molecule has 0 saturated heterocycles. The van der Waals surface area contributed by atoms with Crippen LogP contribution in [0.25, 0.3) is 33.9 Å². The molecule has 5 aromatic rings. The highest BCUT2D eigenvalue weighted by atomic mass is 15.3. The lowest BCUT2D eigenvalue weighted by Gasteiger charge is -2.12. The van der Waals surface area contributed by atoms with Crippen LogP contribution in [0.4, 0.5) is 0 Å². The quantitative estimate of drug-likeness (QED) is 0.552. The average molecular weight is 327 g/mol. The Morgan fingerprint density at radius 2 is 1.60 bits per heavy atom. The van der Waals surface area contributed by atoms with Crippen molar-refractivity contribution >= 4 is 11.0 Å². The molecule has 0 unspecified atom stereocenters. The van der Waals surface area contributed by atoms with E-state index in [1.165, 1.54) is 0 Å². The number of hydrogen-bond acceptors (Lipinski definition) is 4. The van der Waals surface area contributed by atoms with Crippen LogP contribution in [0.2, 0.25) is 0 Å². The van der Waals surface area contributed by atoms with Crippen molar-refractivity contribution in [3.8, 4) is 22.9 Å². The maximum atomic E-state index is 4.75. The van der Waals surface area contributed by atoms with Crippen molar-refractivity contribution in [3.63, 3.8) is 0 Å². The first kappa shape index (κ1) is 13.7. The lowest BCUT2D eigenvalue weighted by atomic mass is 10.2. The third kappa shape index (κ3) is 2.21. The molecule has 0 amide bonds. The molecule has 0 atom stereocenters. The fraction of sp³-hybridized carbons (Fsp3) is 0. The zero-order chi connectivity index (χ0) is 16.6. The Kier molecular flexibility index (Phi) is 2.96. The molecular weight excluding hydrogens is 314 g/mol. The van der Waals surface area contributed by atoms with Gasteiger partial charge in [0.15, 0.2) is 5.82 Å². The summed E-state index contributed by atoms with van der Waals surface area (Å²) in [5, 5.41) is 8.70. The van der Waals surface area contributed by atoms with E-state index in [0.29, 0.717) is 5.82 Å². The number of nitrogens with one attached hydrogen (secondary N) is 1. The summed E-state index contributed by atoms with van der Waals surface area (Å²) in [6, 6.07) is 13.6. The fourth-order valence-electron chi connectivity index (χ4n) is 2.91. The van der Waals surface area contributed by atoms with Gasteiger partial charge < -0.3 is 4.98 Å². The molecule has 7 heteroatoms. The summed E-state index contributed by atoms with van der Waals surface area (Å²) in [7, 11) is 0. The van der Waals surface area contributed by atoms with Crippen molar-refractivity contribution < 1.29 is 0 Å². The van der Waals surface area contributed by atoms with Crippen LogP contribution in [0.15, 0.2) is 73.4 Å². The minimum atomic E-state index is 0.692. The van der Waals surface area contributed by atoms with Crippen LogP contribution in [0.3, 0.4) is 0 Å². The molecule has 0 aliphatic heterocycles. The Balaban J connectivity index is 1.83. The average Bonchev–Trinajstić information content (AvgIpc) is 3.42. The third-order valence-electron chi connectivity index (χ3n) is 4.01. The van der Waals surface area contributed by atoms with Gasteiger partial charge in [-0.3, -0.25) is 0 Å². The van der Waals surface area contributed by atoms with Gasteiger partial charge in [-0.25, -0.2) is 19.3 Å². The molecule has 1 aromatic carbocycles. The van der Waals surface area contributed by atoms with E-state index in [0.717, 1.165) is 28.1 Å². The molecule has 1 N–H and O–H groups in total. The normalized spacial score (nSPS) is 11.2. The van der Waals surface area contributed by atoms with Crippen LogP contribution < -0.4 is 0 Å². The smallest absolute Gasteiger partial charge is 0.166 e. The number of rotatable bonds is 3. The van der Waals surface area contributed by atoms with E-state index < -0.39 is 0 Å². The first-order valence-corrected chi connectivity index (χ1v) is 7.84. The predicted octanol–water partition coefficient (Wildman–Crippen LogP) is 3.00. The maximum Gasteiger partial charge on any atom is 0.166 e. The molecule has 7 nitrogen and oxygen atoms in total. The van der Waals surface area contributed by atoms with E-state index in [4.69, 9.17) is 4.98 Å². The molecule has 0 radical (unpaired) electrons. The maximum absolute atomic E-state index is 4.75. The van der Waals surface area contributed by atoms with E-state index in [9.17, 15) is 0 Å². The van der Waals surface area contributed by atoms with Crippen LogP contribution >= 0.6 is 0 Å². The zero-order valence-corrected chi connectivity index (χ0v) is 13.1. The van der Waals surface area contributed by atoms with Gasteiger partial charge in [-0.05, 0) is 30.3 Å². The van der Waals surface area contributed by atoms with Gasteiger partial charge in [0.2, 0.25) is 0 Å². The summed E-state index contributed by atoms with van der Waals surface area (Å²) in [5.41, 5.74) is 3.59. The fourth-order valence-corrected chi connectivity index (χ4v) is 2.91. The van der Waals surface area contributed by atoms with Crippen LogP contribution in [-0.2, 0) is 0 Å². The lowest BCUT2D eigenvalue weighted by molar-refractivity contribution is 0.831. The summed E-state index contributed by atoms with van der Waals surface area (Å²) in [5.74, 6) is 1.42. The van der Waals surface area contributed by atoms with E-state index in [1.54, 1.807) is 28.0 Å². The van der Waals surface area contributed by atoms with Gasteiger partial charge in [-0.15, -0.1) is 0 Å². The SMILES string of the molecule is c1ccc2[nH]c(-c3c(-n4cccn4)ccnc3-n3cccn3)nc2c1. The standard InChI is InChI=1S/C18H13N7/c1-2-6-14-13(5-1)22-17(23-14)16-15(24-11-3-8-20-24)7-10-19-18(16)25-12-4-9-21-25/h1-12H,(H,22,23). The number of benzene rings is 1. The van der Waals surface area contributed by atoms with Gasteiger partial charge in [0, 0.05) is 31.0 Å². The molecule has 0 saturated carbocycles. The number of aromatic amines is 1. The Labute approximate surface area is 142 Å². The second kappa shape index (κ2) is 5.41. The third-order valence-corrected chi connectivity index (χ3v) is 4.01. The lowest BCUT2D eigenvalue weighted by Crippen LogP contribution is -2.06. The highest BCUT2D eigenvalue weighted by Gasteiger charge is 2.19. The topological polar surface area (TPSA) is 77.2 Å². The van der Waals surface area contributed by atoms with Crippen molar-refractivity contribution in [3.05, 3.63) is 73.4 Å². The summed E-state index contributed by atoms with van der Waals surface area (Å²) in [6.07, 6.45) is 8.98. The molecule has 4 aromatic heterocycles. The second-order valence-corrected chi connectivity index (χ2v) is 5.53. The number of hydrogen-bond donors (Lipinski definition) is 1. The molecule has 0 aliphatic carbocycles. The summed E-state index contributed by atoms with van der Waals surface area (Å²) in [6.45, 7) is 0. The molecule has 4 heterocycles. The van der Waals surface area contributed by atoms with Crippen molar-refractivity contribution in [2.24, 2.45) is 0 Å². The number of imidazole rings is 1. The van der Waals surface area contributed by atoms with Crippen molar-refractivity contribution in [1.29, 1.82) is 0 Å². The Hall–Kier alpha value is -3.74. The van der Waals surface area contributed by atoms with Gasteiger partial charge >= 0.3 is 0 Å². The molecular formula is C18H13N7. The summed E-state index contributed by atoms with van der Waals surface area (Å²) in [4.78, 5) is 12.7. The van der Waals surface area contributed by atoms with Crippen LogP contribution in [0.5, 0.6) is 0 Å². The Morgan fingerprint density at radius 1 is 0.800 bits per heavy atom. The van der Waals surface area contributed by atoms with Crippen LogP contribution in [0, 0.1) is 0 Å². The van der Waals surface area contributed by atoms with E-state index in [1.807, 2.05) is 54.9 Å². The number of fused-ring (bicyclic) bond motifs is 1. The molecule has 25 heavy (non-hydrogen) atoms. The van der Waals surface area contributed by atoms with Crippen molar-refractivity contribution in [2.45, 2.75) is 0 Å². The Morgan fingerprint density at radius 3 is 2.36 bits per heavy atom. The molecule has 5 rings (SSSR count). The predicted molar refractivity (Wildman–Crippen MR) is 93.6 cm³/mol. The number of para-hydroxylation sites is 2. The number of aromatic nitrogens is 7. The summed E-state index contributed by atoms with van der Waals surface area (Å²) < 4.78 is 3.53.